The van der Waals surface area contributed by atoms with Gasteiger partial charge in [-0.15, -0.1) is 0 Å². The molecule has 1 rings (SSSR count). The van der Waals surface area contributed by atoms with Crippen LogP contribution in [0.3, 0.4) is 0 Å². The molecule has 3 N–H and O–H groups in total. The minimum atomic E-state index is -1.02. The first-order chi connectivity index (χ1) is 14.2. The summed E-state index contributed by atoms with van der Waals surface area (Å²) in [6.45, 7) is 2.50. The third-order valence-corrected chi connectivity index (χ3v) is 5.71. The van der Waals surface area contributed by atoms with Crippen LogP contribution in [-0.2, 0) is 9.47 Å². The smallest absolute Gasteiger partial charge is 0.114 e. The quantitative estimate of drug-likeness (QED) is 0.214. The van der Waals surface area contributed by atoms with Crippen LogP contribution in [0.2, 0.25) is 0 Å². The molecule has 0 aromatic heterocycles. The molecular weight excluding hydrogens is 368 g/mol. The van der Waals surface area contributed by atoms with Crippen LogP contribution < -0.4 is 0 Å². The van der Waals surface area contributed by atoms with Gasteiger partial charge in [0.25, 0.3) is 0 Å². The average Bonchev–Trinajstić information content (AvgIpc) is 3.10. The fourth-order valence-electron chi connectivity index (χ4n) is 3.87. The first-order valence-corrected chi connectivity index (χ1v) is 12.1. The van der Waals surface area contributed by atoms with Crippen molar-refractivity contribution in [1.82, 2.24) is 0 Å². The van der Waals surface area contributed by atoms with Crippen molar-refractivity contribution in [3.05, 3.63) is 12.2 Å². The third kappa shape index (κ3) is 12.7. The Labute approximate surface area is 178 Å². The molecule has 0 spiro atoms. The van der Waals surface area contributed by atoms with Crippen LogP contribution in [0.15, 0.2) is 12.2 Å². The van der Waals surface area contributed by atoms with Crippen molar-refractivity contribution in [1.29, 1.82) is 0 Å². The summed E-state index contributed by atoms with van der Waals surface area (Å²) in [6.07, 6.45) is 19.7. The Balaban J connectivity index is 1.88. The van der Waals surface area contributed by atoms with Crippen molar-refractivity contribution in [3.8, 4) is 0 Å². The molecule has 0 aromatic carbocycles. The second-order valence-corrected chi connectivity index (χ2v) is 8.39. The van der Waals surface area contributed by atoms with Gasteiger partial charge >= 0.3 is 0 Å². The topological polar surface area (TPSA) is 79.2 Å². The second-order valence-electron chi connectivity index (χ2n) is 8.39. The second kappa shape index (κ2) is 18.3. The molecule has 1 aliphatic heterocycles. The van der Waals surface area contributed by atoms with E-state index >= 15 is 0 Å². The summed E-state index contributed by atoms with van der Waals surface area (Å²) in [4.78, 5) is 0. The van der Waals surface area contributed by atoms with E-state index in [9.17, 15) is 10.2 Å². The molecule has 0 amide bonds. The summed E-state index contributed by atoms with van der Waals surface area (Å²) < 4.78 is 11.0. The largest absolute Gasteiger partial charge is 0.394 e. The molecule has 1 fully saturated rings. The molecule has 0 radical (unpaired) electrons. The Kier molecular flexibility index (Phi) is 16.8. The fraction of sp³-hybridized carbons (Fsp3) is 0.917. The van der Waals surface area contributed by atoms with Crippen molar-refractivity contribution in [3.63, 3.8) is 0 Å². The predicted molar refractivity (Wildman–Crippen MR) is 118 cm³/mol. The zero-order valence-corrected chi connectivity index (χ0v) is 18.6. The third-order valence-electron chi connectivity index (χ3n) is 5.71. The highest BCUT2D eigenvalue weighted by Gasteiger charge is 2.40. The Morgan fingerprint density at radius 3 is 2.03 bits per heavy atom. The van der Waals surface area contributed by atoms with Gasteiger partial charge in [-0.2, -0.15) is 0 Å². The first-order valence-electron chi connectivity index (χ1n) is 12.1. The van der Waals surface area contributed by atoms with Gasteiger partial charge in [0.15, 0.2) is 0 Å². The number of aliphatic hydroxyl groups excluding tert-OH is 3. The molecule has 0 aromatic rings. The summed E-state index contributed by atoms with van der Waals surface area (Å²) in [5, 5.41) is 28.6. The van der Waals surface area contributed by atoms with Crippen molar-refractivity contribution >= 4 is 0 Å². The SMILES string of the molecule is CCCCCCCCCCCCCC/C=C/CCO[C@H]1[C@@H]([C@@H](O)CO)OC[C@H]1O. The van der Waals surface area contributed by atoms with Crippen LogP contribution in [-0.4, -0.2) is 59.6 Å². The maximum Gasteiger partial charge on any atom is 0.114 e. The van der Waals surface area contributed by atoms with Gasteiger partial charge in [0, 0.05) is 0 Å². The number of unbranched alkanes of at least 4 members (excludes halogenated alkanes) is 12. The van der Waals surface area contributed by atoms with Gasteiger partial charge in [0.2, 0.25) is 0 Å². The fourth-order valence-corrected chi connectivity index (χ4v) is 3.87. The highest BCUT2D eigenvalue weighted by Crippen LogP contribution is 2.21. The Morgan fingerprint density at radius 2 is 1.45 bits per heavy atom. The minimum absolute atomic E-state index is 0.140. The van der Waals surface area contributed by atoms with Crippen LogP contribution in [0, 0.1) is 0 Å². The van der Waals surface area contributed by atoms with Gasteiger partial charge in [-0.1, -0.05) is 89.7 Å². The molecule has 0 saturated carbocycles. The summed E-state index contributed by atoms with van der Waals surface area (Å²) in [7, 11) is 0. The van der Waals surface area contributed by atoms with Crippen LogP contribution in [0.5, 0.6) is 0 Å². The normalized spacial score (nSPS) is 23.2. The lowest BCUT2D eigenvalue weighted by atomic mass is 10.0. The van der Waals surface area contributed by atoms with Crippen LogP contribution in [0.1, 0.15) is 96.8 Å². The van der Waals surface area contributed by atoms with E-state index in [1.54, 1.807) is 0 Å². The van der Waals surface area contributed by atoms with Gasteiger partial charge in [0.1, 0.15) is 24.4 Å². The van der Waals surface area contributed by atoms with E-state index in [0.717, 1.165) is 12.8 Å². The molecule has 1 heterocycles. The molecule has 1 saturated heterocycles. The zero-order valence-electron chi connectivity index (χ0n) is 18.6. The van der Waals surface area contributed by atoms with E-state index < -0.39 is 31.0 Å². The molecule has 0 aliphatic carbocycles. The van der Waals surface area contributed by atoms with Crippen molar-refractivity contribution in [2.24, 2.45) is 0 Å². The summed E-state index contributed by atoms with van der Waals surface area (Å²) in [6, 6.07) is 0. The number of hydrogen-bond donors (Lipinski definition) is 3. The van der Waals surface area contributed by atoms with E-state index in [0.29, 0.717) is 6.61 Å². The number of ether oxygens (including phenoxy) is 2. The molecule has 0 unspecified atom stereocenters. The van der Waals surface area contributed by atoms with E-state index in [2.05, 4.69) is 19.1 Å². The summed E-state index contributed by atoms with van der Waals surface area (Å²) in [5.74, 6) is 0. The van der Waals surface area contributed by atoms with Crippen molar-refractivity contribution in [2.75, 3.05) is 19.8 Å². The highest BCUT2D eigenvalue weighted by atomic mass is 16.6. The predicted octanol–water partition coefficient (Wildman–Crippen LogP) is 4.52. The molecule has 5 nitrogen and oxygen atoms in total. The van der Waals surface area contributed by atoms with Crippen LogP contribution >= 0.6 is 0 Å². The Bertz CT molecular complexity index is 387. The molecule has 172 valence electrons. The lowest BCUT2D eigenvalue weighted by molar-refractivity contribution is -0.0924. The first kappa shape index (κ1) is 26.6. The van der Waals surface area contributed by atoms with Crippen molar-refractivity contribution in [2.45, 2.75) is 121 Å². The molecular formula is C24H46O5. The number of aliphatic hydroxyl groups is 3. The molecule has 0 bridgehead atoms. The molecule has 5 heteroatoms. The van der Waals surface area contributed by atoms with Crippen molar-refractivity contribution < 1.29 is 24.8 Å². The van der Waals surface area contributed by atoms with Crippen LogP contribution in [0.4, 0.5) is 0 Å². The molecule has 29 heavy (non-hydrogen) atoms. The lowest BCUT2D eigenvalue weighted by Crippen LogP contribution is -2.42. The summed E-state index contributed by atoms with van der Waals surface area (Å²) >= 11 is 0. The Hall–Kier alpha value is -0.460. The summed E-state index contributed by atoms with van der Waals surface area (Å²) in [5.41, 5.74) is 0. The van der Waals surface area contributed by atoms with E-state index in [-0.39, 0.29) is 6.61 Å². The van der Waals surface area contributed by atoms with Gasteiger partial charge in [-0.25, -0.2) is 0 Å². The highest BCUT2D eigenvalue weighted by molar-refractivity contribution is 4.89. The van der Waals surface area contributed by atoms with Gasteiger partial charge in [-0.3, -0.25) is 0 Å². The Morgan fingerprint density at radius 1 is 0.897 bits per heavy atom. The zero-order chi connectivity index (χ0) is 21.2. The molecule has 4 atom stereocenters. The van der Waals surface area contributed by atoms with E-state index in [4.69, 9.17) is 14.6 Å². The minimum Gasteiger partial charge on any atom is -0.394 e. The van der Waals surface area contributed by atoms with Gasteiger partial charge < -0.3 is 24.8 Å². The van der Waals surface area contributed by atoms with E-state index in [1.807, 2.05) is 0 Å². The maximum absolute atomic E-state index is 9.88. The number of hydrogen-bond acceptors (Lipinski definition) is 5. The number of allylic oxidation sites excluding steroid dienone is 1. The number of rotatable bonds is 19. The van der Waals surface area contributed by atoms with Crippen LogP contribution in [0.25, 0.3) is 0 Å². The van der Waals surface area contributed by atoms with E-state index in [1.165, 1.54) is 77.0 Å². The average molecular weight is 415 g/mol. The van der Waals surface area contributed by atoms with Gasteiger partial charge in [-0.05, 0) is 19.3 Å². The van der Waals surface area contributed by atoms with Gasteiger partial charge in [0.05, 0.1) is 19.8 Å². The lowest BCUT2D eigenvalue weighted by Gasteiger charge is -2.23. The monoisotopic (exact) mass is 414 g/mol. The molecule has 1 aliphatic rings. The maximum atomic E-state index is 9.88. The standard InChI is InChI=1S/C24H46O5/c1-2-3-4-5-6-7-8-9-10-11-12-13-14-15-16-17-18-28-24-22(27)20-29-23(24)21(26)19-25/h15-16,21-27H,2-14,17-20H2,1H3/b16-15+/t21-,22+,23+,24+/m0/s1.